The van der Waals surface area contributed by atoms with Crippen molar-refractivity contribution < 1.29 is 0 Å². The van der Waals surface area contributed by atoms with Gasteiger partial charge in [0.15, 0.2) is 0 Å². The lowest BCUT2D eigenvalue weighted by atomic mass is 10.2. The minimum atomic E-state index is 0.826. The van der Waals surface area contributed by atoms with Gasteiger partial charge in [0.1, 0.15) is 4.34 Å². The molecule has 0 unspecified atom stereocenters. The number of nitrogens with two attached hydrogens (primary N) is 1. The highest BCUT2D eigenvalue weighted by Crippen LogP contribution is 2.23. The molecule has 0 radical (unpaired) electrons. The van der Waals surface area contributed by atoms with Crippen molar-refractivity contribution in [1.82, 2.24) is 4.98 Å². The van der Waals surface area contributed by atoms with E-state index in [9.17, 15) is 0 Å². The molecule has 0 aliphatic carbocycles. The molecule has 16 heavy (non-hydrogen) atoms. The Morgan fingerprint density at radius 3 is 2.69 bits per heavy atom. The van der Waals surface area contributed by atoms with Gasteiger partial charge >= 0.3 is 0 Å². The van der Waals surface area contributed by atoms with Gasteiger partial charge in [-0.3, -0.25) is 0 Å². The first-order valence-corrected chi connectivity index (χ1v) is 7.00. The Hall–Kier alpha value is -1.00. The van der Waals surface area contributed by atoms with Crippen LogP contribution in [0.15, 0.2) is 34.0 Å². The number of hydrogen-bond donors (Lipinski definition) is 1. The van der Waals surface area contributed by atoms with E-state index in [0.717, 1.165) is 27.9 Å². The van der Waals surface area contributed by atoms with E-state index in [1.807, 2.05) is 30.8 Å². The predicted octanol–water partition coefficient (Wildman–Crippen LogP) is 3.37. The highest BCUT2D eigenvalue weighted by atomic mass is 32.2. The van der Waals surface area contributed by atoms with Gasteiger partial charge in [0.05, 0.1) is 0 Å². The van der Waals surface area contributed by atoms with Crippen molar-refractivity contribution >= 4 is 28.8 Å². The van der Waals surface area contributed by atoms with Crippen LogP contribution >= 0.6 is 23.1 Å². The van der Waals surface area contributed by atoms with Gasteiger partial charge < -0.3 is 5.73 Å². The summed E-state index contributed by atoms with van der Waals surface area (Å²) in [6, 6.07) is 8.08. The van der Waals surface area contributed by atoms with E-state index >= 15 is 0 Å². The highest BCUT2D eigenvalue weighted by Gasteiger charge is 1.99. The topological polar surface area (TPSA) is 38.9 Å². The van der Waals surface area contributed by atoms with Gasteiger partial charge in [-0.2, -0.15) is 0 Å². The Morgan fingerprint density at radius 2 is 2.06 bits per heavy atom. The average Bonchev–Trinajstić information content (AvgIpc) is 2.67. The van der Waals surface area contributed by atoms with E-state index in [4.69, 9.17) is 5.73 Å². The predicted molar refractivity (Wildman–Crippen MR) is 72.1 cm³/mol. The molecule has 0 saturated heterocycles. The Morgan fingerprint density at radius 1 is 1.31 bits per heavy atom. The fraction of sp³-hybridized carbons (Fsp3) is 0.250. The third-order valence-corrected chi connectivity index (χ3v) is 4.33. The van der Waals surface area contributed by atoms with Crippen LogP contribution in [0.25, 0.3) is 0 Å². The summed E-state index contributed by atoms with van der Waals surface area (Å²) < 4.78 is 1.16. The molecule has 0 fully saturated rings. The molecule has 2 rings (SSSR count). The number of thioether (sulfide) groups is 1. The summed E-state index contributed by atoms with van der Waals surface area (Å²) in [6.45, 7) is 2.03. The lowest BCUT2D eigenvalue weighted by Crippen LogP contribution is -1.90. The fourth-order valence-electron chi connectivity index (χ4n) is 1.34. The van der Waals surface area contributed by atoms with Crippen LogP contribution in [0.4, 0.5) is 5.69 Å². The standard InChI is InChI=1S/C12H14N2S2/c1-9-8-16-12(14-9)15-7-6-10-2-4-11(13)5-3-10/h2-5,8H,6-7,13H2,1H3. The van der Waals surface area contributed by atoms with E-state index < -0.39 is 0 Å². The van der Waals surface area contributed by atoms with E-state index in [2.05, 4.69) is 22.5 Å². The van der Waals surface area contributed by atoms with Crippen LogP contribution in [0, 0.1) is 6.92 Å². The zero-order valence-corrected chi connectivity index (χ0v) is 10.8. The van der Waals surface area contributed by atoms with Gasteiger partial charge in [-0.1, -0.05) is 23.9 Å². The van der Waals surface area contributed by atoms with Crippen LogP contribution in [0.3, 0.4) is 0 Å². The second-order valence-corrected chi connectivity index (χ2v) is 5.79. The van der Waals surface area contributed by atoms with Crippen LogP contribution < -0.4 is 5.73 Å². The smallest absolute Gasteiger partial charge is 0.150 e. The number of hydrogen-bond acceptors (Lipinski definition) is 4. The summed E-state index contributed by atoms with van der Waals surface area (Å²) in [4.78, 5) is 4.42. The maximum absolute atomic E-state index is 5.64. The van der Waals surface area contributed by atoms with Crippen LogP contribution in [0.1, 0.15) is 11.3 Å². The van der Waals surface area contributed by atoms with E-state index in [1.54, 1.807) is 11.3 Å². The molecule has 84 valence electrons. The van der Waals surface area contributed by atoms with E-state index in [1.165, 1.54) is 5.56 Å². The van der Waals surface area contributed by atoms with E-state index in [-0.39, 0.29) is 0 Å². The summed E-state index contributed by atoms with van der Waals surface area (Å²) >= 11 is 3.54. The monoisotopic (exact) mass is 250 g/mol. The first kappa shape index (κ1) is 11.5. The van der Waals surface area contributed by atoms with Crippen molar-refractivity contribution in [1.29, 1.82) is 0 Å². The number of aromatic nitrogens is 1. The first-order valence-electron chi connectivity index (χ1n) is 5.13. The normalized spacial score (nSPS) is 10.6. The van der Waals surface area contributed by atoms with Gasteiger partial charge in [-0.15, -0.1) is 11.3 Å². The third kappa shape index (κ3) is 3.25. The van der Waals surface area contributed by atoms with Gasteiger partial charge in [-0.25, -0.2) is 4.98 Å². The molecule has 2 nitrogen and oxygen atoms in total. The maximum atomic E-state index is 5.64. The number of benzene rings is 1. The lowest BCUT2D eigenvalue weighted by molar-refractivity contribution is 1.13. The Bertz CT molecular complexity index is 448. The molecule has 2 N–H and O–H groups in total. The summed E-state index contributed by atoms with van der Waals surface area (Å²) in [5, 5.41) is 2.09. The van der Waals surface area contributed by atoms with Crippen LogP contribution in [0.5, 0.6) is 0 Å². The Labute approximate surface area is 104 Å². The first-order chi connectivity index (χ1) is 7.74. The van der Waals surface area contributed by atoms with Crippen molar-refractivity contribution in [3.8, 4) is 0 Å². The van der Waals surface area contributed by atoms with Gasteiger partial charge in [0.25, 0.3) is 0 Å². The zero-order valence-electron chi connectivity index (χ0n) is 9.14. The molecule has 0 aliphatic rings. The molecule has 1 aromatic carbocycles. The van der Waals surface area contributed by atoms with Crippen molar-refractivity contribution in [3.05, 3.63) is 40.9 Å². The number of aryl methyl sites for hydroxylation is 2. The van der Waals surface area contributed by atoms with Gasteiger partial charge in [0, 0.05) is 22.5 Å². The number of anilines is 1. The molecule has 0 spiro atoms. The molecule has 1 aromatic heterocycles. The summed E-state index contributed by atoms with van der Waals surface area (Å²) in [7, 11) is 0. The van der Waals surface area contributed by atoms with Gasteiger partial charge in [-0.05, 0) is 31.0 Å². The molecule has 0 amide bonds. The summed E-state index contributed by atoms with van der Waals surface area (Å²) in [5.41, 5.74) is 8.90. The molecular weight excluding hydrogens is 236 g/mol. The molecule has 0 bridgehead atoms. The van der Waals surface area contributed by atoms with Crippen molar-refractivity contribution in [2.45, 2.75) is 17.7 Å². The molecule has 1 heterocycles. The molecule has 0 atom stereocenters. The van der Waals surface area contributed by atoms with Crippen molar-refractivity contribution in [2.75, 3.05) is 11.5 Å². The van der Waals surface area contributed by atoms with E-state index in [0.29, 0.717) is 0 Å². The molecule has 0 saturated carbocycles. The number of nitrogen functional groups attached to an aromatic ring is 1. The quantitative estimate of drug-likeness (QED) is 0.668. The largest absolute Gasteiger partial charge is 0.399 e. The lowest BCUT2D eigenvalue weighted by Gasteiger charge is -2.00. The molecule has 0 aliphatic heterocycles. The second-order valence-electron chi connectivity index (χ2n) is 3.59. The summed E-state index contributed by atoms with van der Waals surface area (Å²) in [5.74, 6) is 1.07. The van der Waals surface area contributed by atoms with Crippen molar-refractivity contribution in [2.24, 2.45) is 0 Å². The SMILES string of the molecule is Cc1csc(SCCc2ccc(N)cc2)n1. The average molecular weight is 250 g/mol. The minimum Gasteiger partial charge on any atom is -0.399 e. The molecule has 2 aromatic rings. The maximum Gasteiger partial charge on any atom is 0.150 e. The Kier molecular flexibility index (Phi) is 3.85. The number of nitrogens with zero attached hydrogens (tertiary/aromatic N) is 1. The van der Waals surface area contributed by atoms with Crippen LogP contribution in [-0.4, -0.2) is 10.7 Å². The van der Waals surface area contributed by atoms with Gasteiger partial charge in [0.2, 0.25) is 0 Å². The Balaban J connectivity index is 1.82. The van der Waals surface area contributed by atoms with Crippen LogP contribution in [-0.2, 0) is 6.42 Å². The molecule has 4 heteroatoms. The third-order valence-electron chi connectivity index (χ3n) is 2.19. The highest BCUT2D eigenvalue weighted by molar-refractivity contribution is 8.01. The zero-order chi connectivity index (χ0) is 11.4. The fourth-order valence-corrected chi connectivity index (χ4v) is 3.25. The summed E-state index contributed by atoms with van der Waals surface area (Å²) in [6.07, 6.45) is 1.06. The van der Waals surface area contributed by atoms with Crippen molar-refractivity contribution in [3.63, 3.8) is 0 Å². The molecular formula is C12H14N2S2. The minimum absolute atomic E-state index is 0.826. The van der Waals surface area contributed by atoms with Crippen LogP contribution in [0.2, 0.25) is 0 Å². The second kappa shape index (κ2) is 5.37. The number of rotatable bonds is 4. The number of thiazole rings is 1.